The number of pyridine rings is 2. The lowest BCUT2D eigenvalue weighted by Gasteiger charge is -2.11. The van der Waals surface area contributed by atoms with Crippen molar-refractivity contribution >= 4 is 66.4 Å². The maximum Gasteiger partial charge on any atom is 0.417 e. The maximum atomic E-state index is 13.0. The second-order valence-electron chi connectivity index (χ2n) is 12.6. The highest BCUT2D eigenvalue weighted by atomic mass is 32.2. The Labute approximate surface area is 317 Å². The van der Waals surface area contributed by atoms with Gasteiger partial charge in [0, 0.05) is 48.3 Å². The Bertz CT molecular complexity index is 2760. The monoisotopic (exact) mass is 790 g/mol. The molecule has 7 nitrogen and oxygen atoms in total. The Morgan fingerprint density at radius 1 is 0.636 bits per heavy atom. The van der Waals surface area contributed by atoms with Crippen LogP contribution in [0.1, 0.15) is 25.0 Å². The molecule has 0 saturated heterocycles. The van der Waals surface area contributed by atoms with Crippen molar-refractivity contribution in [3.63, 3.8) is 0 Å². The molecule has 8 aromatic rings. The third-order valence-corrected chi connectivity index (χ3v) is 11.3. The zero-order chi connectivity index (χ0) is 39.2. The van der Waals surface area contributed by atoms with Crippen LogP contribution >= 0.6 is 11.8 Å². The molecule has 0 aliphatic rings. The van der Waals surface area contributed by atoms with Gasteiger partial charge in [-0.05, 0) is 63.7 Å². The minimum atomic E-state index is -4.49. The fourth-order valence-electron chi connectivity index (χ4n) is 6.35. The first-order valence-corrected chi connectivity index (χ1v) is 19.3. The van der Waals surface area contributed by atoms with Crippen LogP contribution in [0.5, 0.6) is 0 Å². The number of nitrogens with zero attached hydrogens (tertiary/aromatic N) is 6. The molecule has 55 heavy (non-hydrogen) atoms. The first kappa shape index (κ1) is 38.0. The Morgan fingerprint density at radius 2 is 1.07 bits per heavy atom. The van der Waals surface area contributed by atoms with Crippen molar-refractivity contribution in [3.8, 4) is 22.8 Å². The van der Waals surface area contributed by atoms with E-state index in [4.69, 9.17) is 0 Å². The molecule has 1 unspecified atom stereocenters. The highest BCUT2D eigenvalue weighted by Crippen LogP contribution is 2.38. The molecule has 0 aliphatic carbocycles. The smallest absolute Gasteiger partial charge is 0.312 e. The van der Waals surface area contributed by atoms with Crippen LogP contribution in [-0.2, 0) is 37.2 Å². The number of rotatable bonds is 6. The van der Waals surface area contributed by atoms with E-state index in [2.05, 4.69) is 32.9 Å². The summed E-state index contributed by atoms with van der Waals surface area (Å²) >= 11 is 1.68. The molecule has 0 saturated carbocycles. The van der Waals surface area contributed by atoms with Gasteiger partial charge in [-0.3, -0.25) is 4.21 Å². The number of halogens is 6. The van der Waals surface area contributed by atoms with Gasteiger partial charge in [-0.1, -0.05) is 62.4 Å². The summed E-state index contributed by atoms with van der Waals surface area (Å²) in [6.45, 7) is 3.89. The fourth-order valence-corrected chi connectivity index (χ4v) is 8.14. The van der Waals surface area contributed by atoms with Crippen molar-refractivity contribution in [2.24, 2.45) is 14.1 Å². The molecule has 282 valence electrons. The first-order chi connectivity index (χ1) is 26.2. The Morgan fingerprint density at radius 3 is 1.53 bits per heavy atom. The lowest BCUT2D eigenvalue weighted by molar-refractivity contribution is -0.138. The quantitative estimate of drug-likeness (QED) is 0.123. The van der Waals surface area contributed by atoms with Crippen molar-refractivity contribution in [1.82, 2.24) is 29.1 Å². The molecule has 0 aliphatic heterocycles. The molecule has 0 bridgehead atoms. The molecule has 0 radical (unpaired) electrons. The molecule has 0 spiro atoms. The SMILES string of the molecule is CCS(=O)c1cc2ccccc2cc1-c1nc2cc(C(F)(F)F)cnc2n1C.CCSc1cc2ccccc2cc1-c1nc2cc(C(F)(F)F)cnc2n1C. The van der Waals surface area contributed by atoms with Gasteiger partial charge in [0.25, 0.3) is 0 Å². The van der Waals surface area contributed by atoms with E-state index in [-0.39, 0.29) is 11.0 Å². The van der Waals surface area contributed by atoms with Crippen LogP contribution in [0, 0.1) is 0 Å². The van der Waals surface area contributed by atoms with Crippen molar-refractivity contribution in [2.45, 2.75) is 36.0 Å². The number of benzene rings is 4. The van der Waals surface area contributed by atoms with Gasteiger partial charge in [-0.15, -0.1) is 11.8 Å². The molecule has 0 N–H and O–H groups in total. The van der Waals surface area contributed by atoms with E-state index in [0.29, 0.717) is 39.2 Å². The molecule has 4 heterocycles. The molecular formula is C40H32F6N6OS2. The summed E-state index contributed by atoms with van der Waals surface area (Å²) in [7, 11) is 2.21. The molecule has 8 rings (SSSR count). The van der Waals surface area contributed by atoms with Crippen LogP contribution in [0.4, 0.5) is 26.3 Å². The number of alkyl halides is 6. The van der Waals surface area contributed by atoms with Gasteiger partial charge < -0.3 is 9.13 Å². The van der Waals surface area contributed by atoms with E-state index >= 15 is 0 Å². The topological polar surface area (TPSA) is 78.5 Å². The Kier molecular flexibility index (Phi) is 10.2. The van der Waals surface area contributed by atoms with Gasteiger partial charge >= 0.3 is 12.4 Å². The molecular weight excluding hydrogens is 759 g/mol. The number of fused-ring (bicyclic) bond motifs is 4. The maximum absolute atomic E-state index is 13.0. The van der Waals surface area contributed by atoms with E-state index < -0.39 is 34.3 Å². The van der Waals surface area contributed by atoms with Crippen LogP contribution in [0.25, 0.3) is 66.6 Å². The average molecular weight is 791 g/mol. The van der Waals surface area contributed by atoms with Gasteiger partial charge in [0.15, 0.2) is 11.3 Å². The predicted molar refractivity (Wildman–Crippen MR) is 206 cm³/mol. The Hall–Kier alpha value is -5.28. The molecule has 4 aromatic carbocycles. The predicted octanol–water partition coefficient (Wildman–Crippen LogP) is 10.9. The molecule has 0 fully saturated rings. The van der Waals surface area contributed by atoms with Gasteiger partial charge in [0.05, 0.1) is 26.8 Å². The molecule has 0 amide bonds. The van der Waals surface area contributed by atoms with E-state index in [0.717, 1.165) is 62.3 Å². The summed E-state index contributed by atoms with van der Waals surface area (Å²) in [5, 5.41) is 4.06. The zero-order valence-corrected chi connectivity index (χ0v) is 31.5. The second kappa shape index (κ2) is 14.8. The van der Waals surface area contributed by atoms with Crippen LogP contribution in [0.3, 0.4) is 0 Å². The molecule has 1 atom stereocenters. The Balaban J connectivity index is 0.000000169. The normalized spacial score (nSPS) is 12.8. The standard InChI is InChI=1S/C20H16F3N3OS.C20H16F3N3S/c1-3-28(27)17-9-13-7-5-4-6-12(13)8-15(17)18-25-16-10-14(20(21,22)23)11-24-19(16)26(18)2;1-3-27-17-9-13-7-5-4-6-12(13)8-15(17)18-25-16-10-14(20(21,22)23)11-24-19(16)26(18)2/h4-11H,3H2,1-2H3;4-11H,3H2,1-2H3. The van der Waals surface area contributed by atoms with Crippen molar-refractivity contribution in [2.75, 3.05) is 11.5 Å². The number of hydrogen-bond donors (Lipinski definition) is 0. The molecule has 4 aromatic heterocycles. The minimum absolute atomic E-state index is 0.147. The van der Waals surface area contributed by atoms with E-state index in [1.807, 2.05) is 73.7 Å². The van der Waals surface area contributed by atoms with E-state index in [1.54, 1.807) is 35.0 Å². The largest absolute Gasteiger partial charge is 0.417 e. The number of aryl methyl sites for hydroxylation is 2. The lowest BCUT2D eigenvalue weighted by atomic mass is 10.1. The van der Waals surface area contributed by atoms with E-state index in [1.165, 1.54) is 0 Å². The van der Waals surface area contributed by atoms with Crippen molar-refractivity contribution < 1.29 is 30.6 Å². The summed E-state index contributed by atoms with van der Waals surface area (Å²) in [6, 6.07) is 25.6. The van der Waals surface area contributed by atoms with Gasteiger partial charge in [-0.2, -0.15) is 26.3 Å². The van der Waals surface area contributed by atoms with E-state index in [9.17, 15) is 30.6 Å². The summed E-state index contributed by atoms with van der Waals surface area (Å²) in [5.41, 5.74) is 1.05. The van der Waals surface area contributed by atoms with Gasteiger partial charge in [-0.25, -0.2) is 19.9 Å². The van der Waals surface area contributed by atoms with Gasteiger partial charge in [0.1, 0.15) is 22.7 Å². The highest BCUT2D eigenvalue weighted by molar-refractivity contribution is 7.99. The van der Waals surface area contributed by atoms with Crippen LogP contribution < -0.4 is 0 Å². The van der Waals surface area contributed by atoms with Crippen molar-refractivity contribution in [3.05, 3.63) is 108 Å². The average Bonchev–Trinajstić information content (AvgIpc) is 3.68. The fraction of sp³-hybridized carbons (Fsp3) is 0.200. The summed E-state index contributed by atoms with van der Waals surface area (Å²) in [6.07, 6.45) is -7.27. The number of thioether (sulfide) groups is 1. The summed E-state index contributed by atoms with van der Waals surface area (Å²) < 4.78 is 94.1. The third kappa shape index (κ3) is 7.42. The van der Waals surface area contributed by atoms with Crippen molar-refractivity contribution in [1.29, 1.82) is 0 Å². The third-order valence-electron chi connectivity index (χ3n) is 9.06. The van der Waals surface area contributed by atoms with Crippen LogP contribution in [0.2, 0.25) is 0 Å². The number of aromatic nitrogens is 6. The highest BCUT2D eigenvalue weighted by Gasteiger charge is 2.33. The van der Waals surface area contributed by atoms with Crippen LogP contribution in [0.15, 0.2) is 107 Å². The number of hydrogen-bond acceptors (Lipinski definition) is 6. The number of imidazole rings is 2. The van der Waals surface area contributed by atoms with Crippen LogP contribution in [-0.4, -0.2) is 44.8 Å². The second-order valence-corrected chi connectivity index (χ2v) is 15.6. The minimum Gasteiger partial charge on any atom is -0.312 e. The molecule has 15 heteroatoms. The summed E-state index contributed by atoms with van der Waals surface area (Å²) in [4.78, 5) is 18.5. The zero-order valence-electron chi connectivity index (χ0n) is 29.8. The summed E-state index contributed by atoms with van der Waals surface area (Å²) in [5.74, 6) is 2.35. The van der Waals surface area contributed by atoms with Gasteiger partial charge in [0.2, 0.25) is 0 Å². The lowest BCUT2D eigenvalue weighted by Crippen LogP contribution is -2.05. The first-order valence-electron chi connectivity index (χ1n) is 17.0.